The Kier molecular flexibility index (Phi) is 3.70. The van der Waals surface area contributed by atoms with Crippen LogP contribution in [0.5, 0.6) is 0 Å². The third-order valence-corrected chi connectivity index (χ3v) is 9.66. The molecule has 0 aliphatic carbocycles. The summed E-state index contributed by atoms with van der Waals surface area (Å²) in [5.41, 5.74) is 0. The van der Waals surface area contributed by atoms with Crippen molar-refractivity contribution < 1.29 is 0 Å². The average Bonchev–Trinajstić information content (AvgIpc) is 3.03. The molecule has 0 saturated carbocycles. The van der Waals surface area contributed by atoms with Gasteiger partial charge in [-0.2, -0.15) is 5.10 Å². The lowest BCUT2D eigenvalue weighted by atomic mass is 10.2. The van der Waals surface area contributed by atoms with Crippen molar-refractivity contribution in [2.24, 2.45) is 0 Å². The summed E-state index contributed by atoms with van der Waals surface area (Å²) >= 11 is 0. The molecular formula is C18H21N3Si. The summed E-state index contributed by atoms with van der Waals surface area (Å²) in [6.07, 6.45) is 3.51. The van der Waals surface area contributed by atoms with Crippen molar-refractivity contribution in [1.82, 2.24) is 14.4 Å². The molecule has 1 heterocycles. The Morgan fingerprint density at radius 2 is 1.32 bits per heavy atom. The minimum absolute atomic E-state index is 0.0450. The summed E-state index contributed by atoms with van der Waals surface area (Å²) in [6.45, 7) is 6.92. The Morgan fingerprint density at radius 3 is 1.68 bits per heavy atom. The van der Waals surface area contributed by atoms with Crippen LogP contribution in [-0.4, -0.2) is 22.7 Å². The maximum absolute atomic E-state index is 4.58. The van der Waals surface area contributed by atoms with Crippen LogP contribution < -0.4 is 10.4 Å². The molecule has 0 spiro atoms. The second-order valence-corrected chi connectivity index (χ2v) is 11.1. The SMILES string of the molecule is CC(C)(C)[Si](c1ccccc1)(c1ccccc1)n1cncn1. The zero-order chi connectivity index (χ0) is 15.6. The fraction of sp³-hybridized carbons (Fsp3) is 0.222. The number of nitrogens with zero attached hydrogens (tertiary/aromatic N) is 3. The third-order valence-electron chi connectivity index (χ3n) is 4.23. The van der Waals surface area contributed by atoms with Crippen LogP contribution in [0.3, 0.4) is 0 Å². The Hall–Kier alpha value is -2.20. The maximum Gasteiger partial charge on any atom is 0.253 e. The van der Waals surface area contributed by atoms with Gasteiger partial charge in [0.1, 0.15) is 12.7 Å². The van der Waals surface area contributed by atoms with Crippen molar-refractivity contribution >= 4 is 18.6 Å². The Balaban J connectivity index is 2.39. The molecule has 0 N–H and O–H groups in total. The van der Waals surface area contributed by atoms with Gasteiger partial charge in [-0.15, -0.1) is 0 Å². The summed E-state index contributed by atoms with van der Waals surface area (Å²) < 4.78 is 2.12. The number of rotatable bonds is 3. The van der Waals surface area contributed by atoms with E-state index in [1.807, 2.05) is 6.33 Å². The first kappa shape index (κ1) is 14.7. The zero-order valence-electron chi connectivity index (χ0n) is 13.3. The van der Waals surface area contributed by atoms with Crippen LogP contribution in [0.25, 0.3) is 0 Å². The fourth-order valence-corrected chi connectivity index (χ4v) is 8.48. The van der Waals surface area contributed by atoms with Crippen molar-refractivity contribution in [1.29, 1.82) is 0 Å². The Labute approximate surface area is 132 Å². The molecule has 2 aromatic carbocycles. The van der Waals surface area contributed by atoms with Gasteiger partial charge in [-0.05, 0) is 15.4 Å². The van der Waals surface area contributed by atoms with Gasteiger partial charge in [-0.1, -0.05) is 81.4 Å². The average molecular weight is 307 g/mol. The fourth-order valence-electron chi connectivity index (χ4n) is 3.38. The number of hydrogen-bond acceptors (Lipinski definition) is 2. The Morgan fingerprint density at radius 1 is 0.818 bits per heavy atom. The quantitative estimate of drug-likeness (QED) is 0.697. The van der Waals surface area contributed by atoms with Gasteiger partial charge in [0.05, 0.1) is 0 Å². The monoisotopic (exact) mass is 307 g/mol. The molecule has 3 nitrogen and oxygen atoms in total. The van der Waals surface area contributed by atoms with Gasteiger partial charge in [0.15, 0.2) is 0 Å². The molecule has 0 unspecified atom stereocenters. The lowest BCUT2D eigenvalue weighted by Gasteiger charge is -2.43. The number of aromatic nitrogens is 3. The van der Waals surface area contributed by atoms with E-state index in [2.05, 4.69) is 95.9 Å². The van der Waals surface area contributed by atoms with Gasteiger partial charge < -0.3 is 0 Å². The van der Waals surface area contributed by atoms with Crippen molar-refractivity contribution in [3.05, 3.63) is 73.3 Å². The molecule has 112 valence electrons. The van der Waals surface area contributed by atoms with Crippen LogP contribution in [0.15, 0.2) is 73.3 Å². The smallest absolute Gasteiger partial charge is 0.253 e. The topological polar surface area (TPSA) is 30.7 Å². The number of benzene rings is 2. The van der Waals surface area contributed by atoms with Gasteiger partial charge in [0, 0.05) is 0 Å². The summed E-state index contributed by atoms with van der Waals surface area (Å²) in [7, 11) is -2.33. The van der Waals surface area contributed by atoms with E-state index in [0.717, 1.165) is 0 Å². The number of hydrogen-bond donors (Lipinski definition) is 0. The van der Waals surface area contributed by atoms with Crippen molar-refractivity contribution in [3.63, 3.8) is 0 Å². The summed E-state index contributed by atoms with van der Waals surface area (Å²) in [5.74, 6) is 0. The molecule has 3 rings (SSSR count). The first-order chi connectivity index (χ1) is 10.6. The van der Waals surface area contributed by atoms with E-state index in [9.17, 15) is 0 Å². The van der Waals surface area contributed by atoms with E-state index < -0.39 is 8.24 Å². The summed E-state index contributed by atoms with van der Waals surface area (Å²) in [6, 6.07) is 21.5. The molecule has 0 amide bonds. The highest BCUT2D eigenvalue weighted by atomic mass is 28.3. The molecule has 0 atom stereocenters. The van der Waals surface area contributed by atoms with Crippen LogP contribution in [-0.2, 0) is 0 Å². The van der Waals surface area contributed by atoms with Gasteiger partial charge >= 0.3 is 0 Å². The zero-order valence-corrected chi connectivity index (χ0v) is 14.3. The third kappa shape index (κ3) is 2.20. The molecule has 3 aromatic rings. The second-order valence-electron chi connectivity index (χ2n) is 6.53. The largest absolute Gasteiger partial charge is 0.272 e. The normalized spacial score (nSPS) is 12.3. The van der Waals surface area contributed by atoms with E-state index in [4.69, 9.17) is 0 Å². The van der Waals surface area contributed by atoms with Gasteiger partial charge in [-0.3, -0.25) is 4.35 Å². The minimum Gasteiger partial charge on any atom is -0.272 e. The maximum atomic E-state index is 4.58. The first-order valence-electron chi connectivity index (χ1n) is 7.53. The lowest BCUT2D eigenvalue weighted by Crippen LogP contribution is -2.69. The van der Waals surface area contributed by atoms with E-state index >= 15 is 0 Å². The standard InChI is InChI=1S/C18H21N3Si/c1-18(2,3)22(21-15-19-14-20-21,16-10-6-4-7-11-16)17-12-8-5-9-13-17/h4-15H,1-3H3. The molecule has 1 aromatic heterocycles. The molecule has 22 heavy (non-hydrogen) atoms. The van der Waals surface area contributed by atoms with Crippen LogP contribution in [0.1, 0.15) is 20.8 Å². The predicted molar refractivity (Wildman–Crippen MR) is 93.0 cm³/mol. The van der Waals surface area contributed by atoms with Crippen LogP contribution >= 0.6 is 0 Å². The highest BCUT2D eigenvalue weighted by molar-refractivity contribution is 7.02. The highest BCUT2D eigenvalue weighted by Crippen LogP contribution is 2.36. The molecule has 0 radical (unpaired) electrons. The van der Waals surface area contributed by atoms with E-state index in [1.165, 1.54) is 10.4 Å². The predicted octanol–water partition coefficient (Wildman–Crippen LogP) is 2.69. The summed E-state index contributed by atoms with van der Waals surface area (Å²) in [4.78, 5) is 4.24. The van der Waals surface area contributed by atoms with E-state index in [0.29, 0.717) is 0 Å². The van der Waals surface area contributed by atoms with Crippen molar-refractivity contribution in [3.8, 4) is 0 Å². The van der Waals surface area contributed by atoms with Crippen LogP contribution in [0, 0.1) is 0 Å². The second kappa shape index (κ2) is 5.53. The molecule has 0 fully saturated rings. The first-order valence-corrected chi connectivity index (χ1v) is 9.47. The lowest BCUT2D eigenvalue weighted by molar-refractivity contribution is 0.696. The molecule has 0 bridgehead atoms. The van der Waals surface area contributed by atoms with Crippen molar-refractivity contribution in [2.45, 2.75) is 25.8 Å². The summed E-state index contributed by atoms with van der Waals surface area (Å²) in [5, 5.41) is 7.31. The molecular weight excluding hydrogens is 286 g/mol. The van der Waals surface area contributed by atoms with E-state index in [1.54, 1.807) is 6.33 Å². The Bertz CT molecular complexity index is 677. The van der Waals surface area contributed by atoms with Crippen LogP contribution in [0.4, 0.5) is 0 Å². The minimum atomic E-state index is -2.33. The van der Waals surface area contributed by atoms with Gasteiger partial charge in [0.2, 0.25) is 0 Å². The van der Waals surface area contributed by atoms with Crippen LogP contribution in [0.2, 0.25) is 5.04 Å². The van der Waals surface area contributed by atoms with Gasteiger partial charge in [0.25, 0.3) is 8.24 Å². The highest BCUT2D eigenvalue weighted by Gasteiger charge is 2.51. The van der Waals surface area contributed by atoms with E-state index in [-0.39, 0.29) is 5.04 Å². The molecule has 0 aliphatic heterocycles. The molecule has 0 aliphatic rings. The molecule has 4 heteroatoms. The van der Waals surface area contributed by atoms with Crippen molar-refractivity contribution in [2.75, 3.05) is 0 Å². The van der Waals surface area contributed by atoms with Gasteiger partial charge in [-0.25, -0.2) is 4.98 Å². The molecule has 0 saturated heterocycles.